The molecule has 0 aliphatic rings. The molecular formula is C16H28N2O4S. The Labute approximate surface area is 141 Å². The summed E-state index contributed by atoms with van der Waals surface area (Å²) in [6.45, 7) is 5.21. The number of amides is 1. The van der Waals surface area contributed by atoms with E-state index >= 15 is 0 Å². The molecule has 0 saturated heterocycles. The van der Waals surface area contributed by atoms with E-state index in [1.54, 1.807) is 0 Å². The van der Waals surface area contributed by atoms with Gasteiger partial charge < -0.3 is 20.3 Å². The van der Waals surface area contributed by atoms with Crippen molar-refractivity contribution in [1.82, 2.24) is 10.3 Å². The summed E-state index contributed by atoms with van der Waals surface area (Å²) in [5.41, 5.74) is 0. The number of ether oxygens (including phenoxy) is 1. The lowest BCUT2D eigenvalue weighted by Gasteiger charge is -2.15. The minimum atomic E-state index is -1.39. The van der Waals surface area contributed by atoms with Crippen molar-refractivity contribution < 1.29 is 19.7 Å². The van der Waals surface area contributed by atoms with Crippen LogP contribution in [0.4, 0.5) is 0 Å². The Morgan fingerprint density at radius 1 is 1.26 bits per heavy atom. The van der Waals surface area contributed by atoms with Crippen molar-refractivity contribution in [3.8, 4) is 5.19 Å². The number of thiazole rings is 1. The van der Waals surface area contributed by atoms with Gasteiger partial charge in [-0.3, -0.25) is 4.79 Å². The van der Waals surface area contributed by atoms with Crippen LogP contribution in [-0.2, 0) is 0 Å². The maximum atomic E-state index is 12.1. The van der Waals surface area contributed by atoms with Crippen molar-refractivity contribution in [1.29, 1.82) is 0 Å². The minimum absolute atomic E-state index is 0.108. The summed E-state index contributed by atoms with van der Waals surface area (Å²) in [4.78, 5) is 16.6. The first-order chi connectivity index (χ1) is 11.1. The van der Waals surface area contributed by atoms with Gasteiger partial charge in [-0.05, 0) is 12.3 Å². The molecule has 6 nitrogen and oxygen atoms in total. The van der Waals surface area contributed by atoms with Crippen LogP contribution in [0.25, 0.3) is 0 Å². The van der Waals surface area contributed by atoms with Crippen molar-refractivity contribution in [2.24, 2.45) is 5.92 Å². The van der Waals surface area contributed by atoms with Crippen LogP contribution in [0.1, 0.15) is 62.0 Å². The number of aromatic nitrogens is 1. The van der Waals surface area contributed by atoms with Gasteiger partial charge in [0.1, 0.15) is 4.88 Å². The lowest BCUT2D eigenvalue weighted by molar-refractivity contribution is -0.0519. The molecule has 1 aromatic heterocycles. The fraction of sp³-hybridized carbons (Fsp3) is 0.750. The maximum Gasteiger partial charge on any atom is 0.273 e. The molecule has 0 bridgehead atoms. The Balaban J connectivity index is 2.33. The molecule has 3 N–H and O–H groups in total. The highest BCUT2D eigenvalue weighted by molar-refractivity contribution is 7.15. The van der Waals surface area contributed by atoms with Crippen LogP contribution < -0.4 is 10.1 Å². The Hall–Kier alpha value is -1.18. The molecule has 0 aliphatic carbocycles. The Bertz CT molecular complexity index is 445. The van der Waals surface area contributed by atoms with Gasteiger partial charge in [-0.1, -0.05) is 50.9 Å². The van der Waals surface area contributed by atoms with E-state index in [1.807, 2.05) is 0 Å². The van der Waals surface area contributed by atoms with Crippen LogP contribution in [-0.4, -0.2) is 40.5 Å². The van der Waals surface area contributed by atoms with E-state index in [4.69, 9.17) is 14.9 Å². The SMILES string of the molecule is CCCC(CCC)CCNC(=O)c1cnc(OCCC(O)O)s1. The largest absolute Gasteiger partial charge is 0.470 e. The molecule has 1 rings (SSSR count). The molecule has 1 heterocycles. The second-order valence-corrected chi connectivity index (χ2v) is 6.59. The minimum Gasteiger partial charge on any atom is -0.470 e. The first-order valence-corrected chi connectivity index (χ1v) is 9.11. The summed E-state index contributed by atoms with van der Waals surface area (Å²) in [5.74, 6) is 0.543. The molecule has 0 aromatic carbocycles. The molecule has 23 heavy (non-hydrogen) atoms. The molecule has 0 aliphatic heterocycles. The fourth-order valence-corrected chi connectivity index (χ4v) is 3.11. The molecule has 7 heteroatoms. The van der Waals surface area contributed by atoms with Gasteiger partial charge in [-0.15, -0.1) is 0 Å². The van der Waals surface area contributed by atoms with Crippen LogP contribution in [0.5, 0.6) is 5.19 Å². The van der Waals surface area contributed by atoms with Crippen molar-refractivity contribution in [3.05, 3.63) is 11.1 Å². The Kier molecular flexibility index (Phi) is 9.82. The zero-order valence-corrected chi connectivity index (χ0v) is 14.8. The predicted molar refractivity (Wildman–Crippen MR) is 90.7 cm³/mol. The van der Waals surface area contributed by atoms with Gasteiger partial charge in [0.15, 0.2) is 6.29 Å². The van der Waals surface area contributed by atoms with Crippen molar-refractivity contribution in [2.45, 2.75) is 58.7 Å². The molecule has 0 saturated carbocycles. The van der Waals surface area contributed by atoms with E-state index in [0.29, 0.717) is 22.5 Å². The zero-order chi connectivity index (χ0) is 17.1. The zero-order valence-electron chi connectivity index (χ0n) is 14.0. The van der Waals surface area contributed by atoms with E-state index < -0.39 is 6.29 Å². The number of hydrogen-bond donors (Lipinski definition) is 3. The average Bonchev–Trinajstić information content (AvgIpc) is 2.96. The van der Waals surface area contributed by atoms with Gasteiger partial charge >= 0.3 is 0 Å². The van der Waals surface area contributed by atoms with Gasteiger partial charge in [0.05, 0.1) is 12.8 Å². The number of nitrogens with one attached hydrogen (secondary N) is 1. The third kappa shape index (κ3) is 8.29. The normalized spacial score (nSPS) is 11.2. The summed E-state index contributed by atoms with van der Waals surface area (Å²) in [6.07, 6.45) is 5.98. The van der Waals surface area contributed by atoms with Crippen molar-refractivity contribution in [3.63, 3.8) is 0 Å². The third-order valence-corrected chi connectivity index (χ3v) is 4.45. The van der Waals surface area contributed by atoms with Crippen LogP contribution in [0, 0.1) is 5.92 Å². The van der Waals surface area contributed by atoms with E-state index in [2.05, 4.69) is 24.1 Å². The molecule has 0 atom stereocenters. The van der Waals surface area contributed by atoms with Gasteiger partial charge in [-0.25, -0.2) is 4.98 Å². The second-order valence-electron chi connectivity index (χ2n) is 5.60. The summed E-state index contributed by atoms with van der Waals surface area (Å²) in [5, 5.41) is 20.8. The van der Waals surface area contributed by atoms with Gasteiger partial charge in [0, 0.05) is 13.0 Å². The van der Waals surface area contributed by atoms with Crippen molar-refractivity contribution in [2.75, 3.05) is 13.2 Å². The van der Waals surface area contributed by atoms with Crippen LogP contribution in [0.3, 0.4) is 0 Å². The highest BCUT2D eigenvalue weighted by atomic mass is 32.1. The fourth-order valence-electron chi connectivity index (χ4n) is 2.41. The van der Waals surface area contributed by atoms with Crippen LogP contribution in [0.15, 0.2) is 6.20 Å². The Morgan fingerprint density at radius 3 is 2.57 bits per heavy atom. The van der Waals surface area contributed by atoms with E-state index in [-0.39, 0.29) is 18.9 Å². The number of nitrogens with zero attached hydrogens (tertiary/aromatic N) is 1. The lowest BCUT2D eigenvalue weighted by atomic mass is 9.95. The van der Waals surface area contributed by atoms with E-state index in [1.165, 1.54) is 31.9 Å². The number of carbonyl (C=O) groups excluding carboxylic acids is 1. The highest BCUT2D eigenvalue weighted by Gasteiger charge is 2.13. The Morgan fingerprint density at radius 2 is 1.96 bits per heavy atom. The standard InChI is InChI=1S/C16H28N2O4S/c1-3-5-12(6-4-2)7-9-17-15(21)13-11-18-16(23-13)22-10-8-14(19)20/h11-12,14,19-20H,3-10H2,1-2H3,(H,17,21). The molecule has 132 valence electrons. The average molecular weight is 344 g/mol. The van der Waals surface area contributed by atoms with Gasteiger partial charge in [0.25, 0.3) is 11.1 Å². The van der Waals surface area contributed by atoms with E-state index in [0.717, 1.165) is 17.8 Å². The number of hydrogen-bond acceptors (Lipinski definition) is 6. The summed E-state index contributed by atoms with van der Waals surface area (Å²) in [6, 6.07) is 0. The molecule has 0 unspecified atom stereocenters. The summed E-state index contributed by atoms with van der Waals surface area (Å²) >= 11 is 1.16. The van der Waals surface area contributed by atoms with Crippen molar-refractivity contribution >= 4 is 17.2 Å². The number of rotatable bonds is 12. The number of carbonyl (C=O) groups is 1. The van der Waals surface area contributed by atoms with Gasteiger partial charge in [0.2, 0.25) is 0 Å². The first kappa shape index (κ1) is 19.9. The van der Waals surface area contributed by atoms with Gasteiger partial charge in [-0.2, -0.15) is 0 Å². The molecule has 1 amide bonds. The monoisotopic (exact) mass is 344 g/mol. The number of aliphatic hydroxyl groups excluding tert-OH is 1. The topological polar surface area (TPSA) is 91.7 Å². The summed E-state index contributed by atoms with van der Waals surface area (Å²) < 4.78 is 5.26. The highest BCUT2D eigenvalue weighted by Crippen LogP contribution is 2.21. The number of aliphatic hydroxyl groups is 2. The maximum absolute atomic E-state index is 12.1. The third-order valence-electron chi connectivity index (χ3n) is 3.54. The first-order valence-electron chi connectivity index (χ1n) is 8.29. The smallest absolute Gasteiger partial charge is 0.273 e. The molecular weight excluding hydrogens is 316 g/mol. The molecule has 1 aromatic rings. The molecule has 0 radical (unpaired) electrons. The molecule has 0 fully saturated rings. The summed E-state index contributed by atoms with van der Waals surface area (Å²) in [7, 11) is 0. The quantitative estimate of drug-likeness (QED) is 0.507. The molecule has 0 spiro atoms. The predicted octanol–water partition coefficient (Wildman–Crippen LogP) is 2.56. The second kappa shape index (κ2) is 11.4. The lowest BCUT2D eigenvalue weighted by Crippen LogP contribution is -2.25. The van der Waals surface area contributed by atoms with Crippen LogP contribution >= 0.6 is 11.3 Å². The van der Waals surface area contributed by atoms with Crippen LogP contribution in [0.2, 0.25) is 0 Å². The van der Waals surface area contributed by atoms with E-state index in [9.17, 15) is 4.79 Å².